The molecule has 1 aliphatic heterocycles. The maximum absolute atomic E-state index is 14.1. The summed E-state index contributed by atoms with van der Waals surface area (Å²) in [6, 6.07) is 3.36. The van der Waals surface area contributed by atoms with E-state index in [2.05, 4.69) is 4.98 Å². The third-order valence-electron chi connectivity index (χ3n) is 5.86. The highest BCUT2D eigenvalue weighted by Crippen LogP contribution is 2.28. The molecule has 1 aromatic heterocycles. The molecule has 2 aromatic carbocycles. The van der Waals surface area contributed by atoms with Crippen LogP contribution in [0.1, 0.15) is 19.9 Å². The number of benzene rings is 2. The van der Waals surface area contributed by atoms with Crippen molar-refractivity contribution in [1.82, 2.24) is 18.8 Å². The van der Waals surface area contributed by atoms with Crippen molar-refractivity contribution in [3.63, 3.8) is 0 Å². The minimum Gasteiger partial charge on any atom is -0.338 e. The Morgan fingerprint density at radius 2 is 1.59 bits per heavy atom. The van der Waals surface area contributed by atoms with Crippen LogP contribution in [0.25, 0.3) is 11.0 Å². The third-order valence-corrected chi connectivity index (χ3v) is 7.78. The SMILES string of the molecule is CC(C)C(C(=O)N1CCN(S(=O)(=O)c2cc(F)ccc2F)CC1)n1cnc2cc(F)c(F)cc21. The van der Waals surface area contributed by atoms with Crippen molar-refractivity contribution < 1.29 is 30.8 Å². The fraction of sp³-hybridized carbons (Fsp3) is 0.364. The first kappa shape index (κ1) is 24.1. The highest BCUT2D eigenvalue weighted by atomic mass is 32.2. The predicted octanol–water partition coefficient (Wildman–Crippen LogP) is 3.32. The van der Waals surface area contributed by atoms with Crippen LogP contribution in [0, 0.1) is 29.2 Å². The molecule has 1 saturated heterocycles. The molecule has 4 rings (SSSR count). The second-order valence-electron chi connectivity index (χ2n) is 8.40. The number of carbonyl (C=O) groups is 1. The lowest BCUT2D eigenvalue weighted by molar-refractivity contribution is -0.137. The van der Waals surface area contributed by atoms with Crippen molar-refractivity contribution in [2.75, 3.05) is 26.2 Å². The number of fused-ring (bicyclic) bond motifs is 1. The van der Waals surface area contributed by atoms with E-state index in [1.807, 2.05) is 0 Å². The zero-order valence-corrected chi connectivity index (χ0v) is 19.2. The first-order valence-electron chi connectivity index (χ1n) is 10.6. The Labute approximate surface area is 193 Å². The highest BCUT2D eigenvalue weighted by Gasteiger charge is 2.36. The lowest BCUT2D eigenvalue weighted by Crippen LogP contribution is -2.52. The van der Waals surface area contributed by atoms with E-state index in [9.17, 15) is 30.8 Å². The predicted molar refractivity (Wildman–Crippen MR) is 115 cm³/mol. The number of aromatic nitrogens is 2. The minimum absolute atomic E-state index is 0.0217. The molecule has 34 heavy (non-hydrogen) atoms. The Bertz CT molecular complexity index is 1350. The Balaban J connectivity index is 1.55. The summed E-state index contributed by atoms with van der Waals surface area (Å²) in [7, 11) is -4.29. The summed E-state index contributed by atoms with van der Waals surface area (Å²) < 4.78 is 83.1. The van der Waals surface area contributed by atoms with E-state index in [0.717, 1.165) is 28.6 Å². The van der Waals surface area contributed by atoms with Crippen molar-refractivity contribution in [3.05, 3.63) is 59.9 Å². The van der Waals surface area contributed by atoms with Crippen LogP contribution in [0.5, 0.6) is 0 Å². The number of amides is 1. The summed E-state index contributed by atoms with van der Waals surface area (Å²) in [4.78, 5) is 18.2. The van der Waals surface area contributed by atoms with Gasteiger partial charge in [0, 0.05) is 38.3 Å². The smallest absolute Gasteiger partial charge is 0.246 e. The second kappa shape index (κ2) is 8.99. The molecule has 1 aliphatic rings. The van der Waals surface area contributed by atoms with Crippen molar-refractivity contribution in [2.24, 2.45) is 5.92 Å². The van der Waals surface area contributed by atoms with Crippen LogP contribution in [-0.4, -0.2) is 59.3 Å². The van der Waals surface area contributed by atoms with Crippen molar-refractivity contribution in [1.29, 1.82) is 0 Å². The summed E-state index contributed by atoms with van der Waals surface area (Å²) in [6.07, 6.45) is 1.35. The zero-order chi connectivity index (χ0) is 24.8. The number of carbonyl (C=O) groups excluding carboxylic acids is 1. The number of rotatable bonds is 5. The Hall–Kier alpha value is -2.99. The van der Waals surface area contributed by atoms with Crippen LogP contribution in [0.3, 0.4) is 0 Å². The van der Waals surface area contributed by atoms with Gasteiger partial charge in [-0.05, 0) is 24.1 Å². The van der Waals surface area contributed by atoms with Crippen molar-refractivity contribution in [3.8, 4) is 0 Å². The quantitative estimate of drug-likeness (QED) is 0.506. The van der Waals surface area contributed by atoms with E-state index >= 15 is 0 Å². The van der Waals surface area contributed by atoms with Crippen LogP contribution >= 0.6 is 0 Å². The van der Waals surface area contributed by atoms with Gasteiger partial charge in [-0.25, -0.2) is 31.0 Å². The maximum Gasteiger partial charge on any atom is 0.246 e. The van der Waals surface area contributed by atoms with Gasteiger partial charge in [0.25, 0.3) is 0 Å². The monoisotopic (exact) mass is 498 g/mol. The van der Waals surface area contributed by atoms with Crippen LogP contribution in [0.2, 0.25) is 0 Å². The molecule has 0 bridgehead atoms. The van der Waals surface area contributed by atoms with Crippen LogP contribution < -0.4 is 0 Å². The topological polar surface area (TPSA) is 75.5 Å². The summed E-state index contributed by atoms with van der Waals surface area (Å²) in [5.41, 5.74) is 0.458. The Morgan fingerprint density at radius 3 is 2.24 bits per heavy atom. The third kappa shape index (κ3) is 4.27. The molecule has 1 fully saturated rings. The van der Waals surface area contributed by atoms with E-state index in [-0.39, 0.29) is 49.0 Å². The lowest BCUT2D eigenvalue weighted by Gasteiger charge is -2.37. The molecule has 7 nitrogen and oxygen atoms in total. The van der Waals surface area contributed by atoms with Crippen LogP contribution in [0.4, 0.5) is 17.6 Å². The molecule has 0 spiro atoms. The number of piperazine rings is 1. The second-order valence-corrected chi connectivity index (χ2v) is 10.3. The highest BCUT2D eigenvalue weighted by molar-refractivity contribution is 7.89. The Kier molecular flexibility index (Phi) is 6.38. The standard InChI is InChI=1S/C22H22F4N4O3S/c1-13(2)21(30-12-27-18-10-16(25)17(26)11-19(18)30)22(31)28-5-7-29(8-6-28)34(32,33)20-9-14(23)3-4-15(20)24/h3-4,9-13,21H,5-8H2,1-2H3. The molecule has 1 atom stereocenters. The molecule has 1 amide bonds. The first-order chi connectivity index (χ1) is 16.0. The molecular weight excluding hydrogens is 476 g/mol. The van der Waals surface area contributed by atoms with Gasteiger partial charge in [0.15, 0.2) is 11.6 Å². The molecule has 1 unspecified atom stereocenters. The number of hydrogen-bond donors (Lipinski definition) is 0. The van der Waals surface area contributed by atoms with Gasteiger partial charge in [0.1, 0.15) is 22.6 Å². The van der Waals surface area contributed by atoms with Gasteiger partial charge in [0.2, 0.25) is 15.9 Å². The van der Waals surface area contributed by atoms with Crippen molar-refractivity contribution in [2.45, 2.75) is 24.8 Å². The molecule has 0 aliphatic carbocycles. The van der Waals surface area contributed by atoms with E-state index in [1.54, 1.807) is 13.8 Å². The van der Waals surface area contributed by atoms with Gasteiger partial charge in [-0.1, -0.05) is 13.8 Å². The molecule has 182 valence electrons. The van der Waals surface area contributed by atoms with Gasteiger partial charge >= 0.3 is 0 Å². The van der Waals surface area contributed by atoms with Gasteiger partial charge in [-0.15, -0.1) is 0 Å². The van der Waals surface area contributed by atoms with Gasteiger partial charge < -0.3 is 9.47 Å². The summed E-state index contributed by atoms with van der Waals surface area (Å²) in [5, 5.41) is 0. The molecule has 2 heterocycles. The molecule has 0 N–H and O–H groups in total. The van der Waals surface area contributed by atoms with Crippen LogP contribution in [-0.2, 0) is 14.8 Å². The summed E-state index contributed by atoms with van der Waals surface area (Å²) >= 11 is 0. The Morgan fingerprint density at radius 1 is 0.941 bits per heavy atom. The van der Waals surface area contributed by atoms with Gasteiger partial charge in [0.05, 0.1) is 17.4 Å². The molecule has 0 saturated carbocycles. The zero-order valence-electron chi connectivity index (χ0n) is 18.4. The first-order valence-corrected chi connectivity index (χ1v) is 12.0. The minimum atomic E-state index is -4.29. The lowest BCUT2D eigenvalue weighted by atomic mass is 10.0. The fourth-order valence-corrected chi connectivity index (χ4v) is 5.62. The number of imidazole rings is 1. The molecular formula is C22H22F4N4O3S. The van der Waals surface area contributed by atoms with Crippen molar-refractivity contribution >= 4 is 27.0 Å². The fourth-order valence-electron chi connectivity index (χ4n) is 4.12. The van der Waals surface area contributed by atoms with E-state index in [4.69, 9.17) is 0 Å². The number of sulfonamides is 1. The van der Waals surface area contributed by atoms with E-state index < -0.39 is 44.2 Å². The number of halogens is 4. The maximum atomic E-state index is 14.1. The molecule has 12 heteroatoms. The van der Waals surface area contributed by atoms with Gasteiger partial charge in [-0.3, -0.25) is 4.79 Å². The number of nitrogens with zero attached hydrogens (tertiary/aromatic N) is 4. The largest absolute Gasteiger partial charge is 0.338 e. The molecule has 3 aromatic rings. The molecule has 0 radical (unpaired) electrons. The normalized spacial score (nSPS) is 16.4. The average molecular weight is 499 g/mol. The summed E-state index contributed by atoms with van der Waals surface area (Å²) in [6.45, 7) is 3.41. The average Bonchev–Trinajstić information content (AvgIpc) is 3.17. The number of hydrogen-bond acceptors (Lipinski definition) is 4. The van der Waals surface area contributed by atoms with Crippen LogP contribution in [0.15, 0.2) is 41.6 Å². The summed E-state index contributed by atoms with van der Waals surface area (Å²) in [5.74, 6) is -4.63. The van der Waals surface area contributed by atoms with E-state index in [1.165, 1.54) is 15.8 Å². The van der Waals surface area contributed by atoms with E-state index in [0.29, 0.717) is 6.07 Å². The van der Waals surface area contributed by atoms with Gasteiger partial charge in [-0.2, -0.15) is 4.31 Å².